The molecular formula is C20H23NO4. The molecule has 0 aliphatic heterocycles. The lowest BCUT2D eigenvalue weighted by atomic mass is 10.0. The number of aryl methyl sites for hydroxylation is 1. The Kier molecular flexibility index (Phi) is 7.01. The maximum absolute atomic E-state index is 12.2. The molecule has 0 aromatic heterocycles. The molecule has 1 atom stereocenters. The molecule has 2 aromatic carbocycles. The van der Waals surface area contributed by atoms with Gasteiger partial charge in [0.05, 0.1) is 14.2 Å². The first-order chi connectivity index (χ1) is 12.1. The van der Waals surface area contributed by atoms with E-state index in [-0.39, 0.29) is 5.91 Å². The summed E-state index contributed by atoms with van der Waals surface area (Å²) in [5, 5.41) is 2.77. The van der Waals surface area contributed by atoms with E-state index < -0.39 is 12.0 Å². The van der Waals surface area contributed by atoms with Crippen molar-refractivity contribution in [3.8, 4) is 5.75 Å². The molecule has 0 saturated carbocycles. The number of rotatable bonds is 8. The molecule has 0 fully saturated rings. The summed E-state index contributed by atoms with van der Waals surface area (Å²) < 4.78 is 9.93. The van der Waals surface area contributed by atoms with Crippen LogP contribution in [-0.2, 0) is 27.2 Å². The number of hydrogen-bond donors (Lipinski definition) is 1. The van der Waals surface area contributed by atoms with Crippen LogP contribution in [0.5, 0.6) is 5.75 Å². The Bertz CT molecular complexity index is 683. The number of hydrogen-bond acceptors (Lipinski definition) is 4. The fourth-order valence-electron chi connectivity index (χ4n) is 2.50. The van der Waals surface area contributed by atoms with Gasteiger partial charge in [0, 0.05) is 12.8 Å². The lowest BCUT2D eigenvalue weighted by Crippen LogP contribution is -2.43. The van der Waals surface area contributed by atoms with E-state index >= 15 is 0 Å². The minimum Gasteiger partial charge on any atom is -0.497 e. The average Bonchev–Trinajstić information content (AvgIpc) is 2.66. The van der Waals surface area contributed by atoms with Crippen LogP contribution in [0.4, 0.5) is 0 Å². The SMILES string of the molecule is COC(=O)[C@H](Cc1ccc(OC)cc1)NC(=O)CCc1ccccc1. The van der Waals surface area contributed by atoms with Gasteiger partial charge in [-0.05, 0) is 29.7 Å². The Morgan fingerprint density at radius 3 is 2.24 bits per heavy atom. The number of nitrogens with one attached hydrogen (secondary N) is 1. The van der Waals surface area contributed by atoms with Crippen molar-refractivity contribution in [3.63, 3.8) is 0 Å². The molecule has 0 unspecified atom stereocenters. The third-order valence-electron chi connectivity index (χ3n) is 3.90. The van der Waals surface area contributed by atoms with Crippen LogP contribution < -0.4 is 10.1 Å². The number of benzene rings is 2. The van der Waals surface area contributed by atoms with Crippen LogP contribution in [0, 0.1) is 0 Å². The Labute approximate surface area is 148 Å². The van der Waals surface area contributed by atoms with Crippen molar-refractivity contribution >= 4 is 11.9 Å². The second-order valence-corrected chi connectivity index (χ2v) is 5.68. The highest BCUT2D eigenvalue weighted by Gasteiger charge is 2.21. The highest BCUT2D eigenvalue weighted by atomic mass is 16.5. The zero-order valence-corrected chi connectivity index (χ0v) is 14.5. The molecule has 0 bridgehead atoms. The highest BCUT2D eigenvalue weighted by Crippen LogP contribution is 2.13. The van der Waals surface area contributed by atoms with E-state index in [0.717, 1.165) is 16.9 Å². The van der Waals surface area contributed by atoms with E-state index in [9.17, 15) is 9.59 Å². The van der Waals surface area contributed by atoms with E-state index in [1.54, 1.807) is 7.11 Å². The van der Waals surface area contributed by atoms with Crippen molar-refractivity contribution in [1.29, 1.82) is 0 Å². The summed E-state index contributed by atoms with van der Waals surface area (Å²) in [5.41, 5.74) is 2.00. The van der Waals surface area contributed by atoms with Crippen molar-refractivity contribution < 1.29 is 19.1 Å². The normalized spacial score (nSPS) is 11.4. The maximum atomic E-state index is 12.2. The quantitative estimate of drug-likeness (QED) is 0.750. The van der Waals surface area contributed by atoms with Crippen LogP contribution in [0.3, 0.4) is 0 Å². The zero-order valence-electron chi connectivity index (χ0n) is 14.5. The molecule has 0 saturated heterocycles. The molecule has 0 spiro atoms. The summed E-state index contributed by atoms with van der Waals surface area (Å²) in [4.78, 5) is 24.2. The second-order valence-electron chi connectivity index (χ2n) is 5.68. The predicted octanol–water partition coefficient (Wildman–Crippen LogP) is 2.53. The number of esters is 1. The first kappa shape index (κ1) is 18.5. The maximum Gasteiger partial charge on any atom is 0.328 e. The fourth-order valence-corrected chi connectivity index (χ4v) is 2.50. The lowest BCUT2D eigenvalue weighted by molar-refractivity contribution is -0.145. The van der Waals surface area contributed by atoms with E-state index in [1.807, 2.05) is 54.6 Å². The van der Waals surface area contributed by atoms with Gasteiger partial charge in [-0.25, -0.2) is 4.79 Å². The molecule has 5 nitrogen and oxygen atoms in total. The molecule has 5 heteroatoms. The summed E-state index contributed by atoms with van der Waals surface area (Å²) in [6.07, 6.45) is 1.32. The highest BCUT2D eigenvalue weighted by molar-refractivity contribution is 5.84. The summed E-state index contributed by atoms with van der Waals surface area (Å²) in [5.74, 6) is 0.113. The second kappa shape index (κ2) is 9.47. The number of methoxy groups -OCH3 is 2. The third-order valence-corrected chi connectivity index (χ3v) is 3.90. The van der Waals surface area contributed by atoms with Gasteiger partial charge in [-0.2, -0.15) is 0 Å². The molecule has 132 valence electrons. The van der Waals surface area contributed by atoms with E-state index in [4.69, 9.17) is 9.47 Å². The topological polar surface area (TPSA) is 64.6 Å². The van der Waals surface area contributed by atoms with Crippen molar-refractivity contribution in [2.75, 3.05) is 14.2 Å². The molecule has 0 aliphatic rings. The zero-order chi connectivity index (χ0) is 18.1. The van der Waals surface area contributed by atoms with Gasteiger partial charge in [0.15, 0.2) is 0 Å². The summed E-state index contributed by atoms with van der Waals surface area (Å²) in [6, 6.07) is 16.4. The first-order valence-corrected chi connectivity index (χ1v) is 8.16. The van der Waals surface area contributed by atoms with Gasteiger partial charge in [-0.15, -0.1) is 0 Å². The predicted molar refractivity (Wildman–Crippen MR) is 95.4 cm³/mol. The Hall–Kier alpha value is -2.82. The summed E-state index contributed by atoms with van der Waals surface area (Å²) in [7, 11) is 2.92. The van der Waals surface area contributed by atoms with Gasteiger partial charge in [-0.1, -0.05) is 42.5 Å². The van der Waals surface area contributed by atoms with Crippen molar-refractivity contribution in [1.82, 2.24) is 5.32 Å². The van der Waals surface area contributed by atoms with Crippen LogP contribution in [0.15, 0.2) is 54.6 Å². The van der Waals surface area contributed by atoms with E-state index in [0.29, 0.717) is 19.3 Å². The Balaban J connectivity index is 1.94. The van der Waals surface area contributed by atoms with Crippen molar-refractivity contribution in [2.45, 2.75) is 25.3 Å². The van der Waals surface area contributed by atoms with Gasteiger partial charge in [0.1, 0.15) is 11.8 Å². The van der Waals surface area contributed by atoms with Gasteiger partial charge < -0.3 is 14.8 Å². The minimum atomic E-state index is -0.707. The van der Waals surface area contributed by atoms with Crippen LogP contribution >= 0.6 is 0 Å². The summed E-state index contributed by atoms with van der Waals surface area (Å²) >= 11 is 0. The number of carbonyl (C=O) groups is 2. The Morgan fingerprint density at radius 1 is 0.960 bits per heavy atom. The van der Waals surface area contributed by atoms with E-state index in [2.05, 4.69) is 5.32 Å². The smallest absolute Gasteiger partial charge is 0.328 e. The molecule has 1 N–H and O–H groups in total. The van der Waals surface area contributed by atoms with Gasteiger partial charge in [0.25, 0.3) is 0 Å². The minimum absolute atomic E-state index is 0.173. The molecule has 0 heterocycles. The number of amides is 1. The third kappa shape index (κ3) is 5.95. The molecular weight excluding hydrogens is 318 g/mol. The molecule has 0 aliphatic carbocycles. The molecule has 2 rings (SSSR count). The lowest BCUT2D eigenvalue weighted by Gasteiger charge is -2.17. The van der Waals surface area contributed by atoms with Crippen molar-refractivity contribution in [2.24, 2.45) is 0 Å². The standard InChI is InChI=1S/C20H23NO4/c1-24-17-11-8-16(9-12-17)14-18(20(23)25-2)21-19(22)13-10-15-6-4-3-5-7-15/h3-9,11-12,18H,10,13-14H2,1-2H3,(H,21,22)/t18-/m0/s1. The van der Waals surface area contributed by atoms with Gasteiger partial charge in [0.2, 0.25) is 5.91 Å². The molecule has 1 amide bonds. The average molecular weight is 341 g/mol. The first-order valence-electron chi connectivity index (χ1n) is 8.16. The Morgan fingerprint density at radius 2 is 1.64 bits per heavy atom. The van der Waals surface area contributed by atoms with E-state index in [1.165, 1.54) is 7.11 Å². The number of ether oxygens (including phenoxy) is 2. The van der Waals surface area contributed by atoms with Gasteiger partial charge in [-0.3, -0.25) is 4.79 Å². The van der Waals surface area contributed by atoms with Gasteiger partial charge >= 0.3 is 5.97 Å². The monoisotopic (exact) mass is 341 g/mol. The number of carbonyl (C=O) groups excluding carboxylic acids is 2. The fraction of sp³-hybridized carbons (Fsp3) is 0.300. The van der Waals surface area contributed by atoms with Crippen LogP contribution in [-0.4, -0.2) is 32.1 Å². The van der Waals surface area contributed by atoms with Crippen LogP contribution in [0.2, 0.25) is 0 Å². The van der Waals surface area contributed by atoms with Crippen LogP contribution in [0.1, 0.15) is 17.5 Å². The molecule has 25 heavy (non-hydrogen) atoms. The molecule has 0 radical (unpaired) electrons. The van der Waals surface area contributed by atoms with Crippen LogP contribution in [0.25, 0.3) is 0 Å². The molecule has 2 aromatic rings. The largest absolute Gasteiger partial charge is 0.497 e. The summed E-state index contributed by atoms with van der Waals surface area (Å²) in [6.45, 7) is 0. The van der Waals surface area contributed by atoms with Crippen molar-refractivity contribution in [3.05, 3.63) is 65.7 Å².